The van der Waals surface area contributed by atoms with Crippen LogP contribution in [0.15, 0.2) is 18.3 Å². The summed E-state index contributed by atoms with van der Waals surface area (Å²) in [4.78, 5) is 0. The molecule has 0 saturated heterocycles. The van der Waals surface area contributed by atoms with Crippen LogP contribution in [-0.2, 0) is 19.4 Å². The molecule has 1 aliphatic carbocycles. The summed E-state index contributed by atoms with van der Waals surface area (Å²) in [5, 5.41) is 5.62. The standard InChI is InChI=1S/C12H15N3.2ClH/c13-4-5-15-12-7-10-3-1-2-9(10)6-11(12)8-14-15;;/h6-8H,1-5,13H2;2*1H. The molecule has 0 unspecified atom stereocenters. The summed E-state index contributed by atoms with van der Waals surface area (Å²) < 4.78 is 2.01. The van der Waals surface area contributed by atoms with E-state index in [1.54, 1.807) is 0 Å². The number of aromatic nitrogens is 2. The molecule has 5 heteroatoms. The van der Waals surface area contributed by atoms with Crippen molar-refractivity contribution in [3.05, 3.63) is 29.5 Å². The van der Waals surface area contributed by atoms with Gasteiger partial charge >= 0.3 is 0 Å². The summed E-state index contributed by atoms with van der Waals surface area (Å²) in [6.45, 7) is 1.45. The van der Waals surface area contributed by atoms with Crippen molar-refractivity contribution in [2.24, 2.45) is 5.73 Å². The largest absolute Gasteiger partial charge is 0.329 e. The minimum absolute atomic E-state index is 0. The molecule has 0 saturated carbocycles. The third-order valence-corrected chi connectivity index (χ3v) is 3.20. The van der Waals surface area contributed by atoms with Gasteiger partial charge in [-0.2, -0.15) is 5.10 Å². The van der Waals surface area contributed by atoms with Crippen molar-refractivity contribution in [3.8, 4) is 0 Å². The van der Waals surface area contributed by atoms with E-state index in [1.807, 2.05) is 10.9 Å². The van der Waals surface area contributed by atoms with Crippen LogP contribution in [0.2, 0.25) is 0 Å². The molecule has 1 aliphatic rings. The zero-order valence-electron chi connectivity index (χ0n) is 9.56. The van der Waals surface area contributed by atoms with Crippen LogP contribution in [0.25, 0.3) is 10.9 Å². The first kappa shape index (κ1) is 14.3. The van der Waals surface area contributed by atoms with E-state index < -0.39 is 0 Å². The fraction of sp³-hybridized carbons (Fsp3) is 0.417. The Kier molecular flexibility index (Phi) is 4.80. The molecule has 2 aromatic rings. The van der Waals surface area contributed by atoms with Gasteiger partial charge in [0.25, 0.3) is 0 Å². The van der Waals surface area contributed by atoms with Crippen molar-refractivity contribution < 1.29 is 0 Å². The SMILES string of the molecule is Cl.Cl.NCCn1ncc2cc3c(cc21)CCC3. The molecule has 0 fully saturated rings. The molecule has 0 aliphatic heterocycles. The lowest BCUT2D eigenvalue weighted by atomic mass is 10.1. The minimum Gasteiger partial charge on any atom is -0.329 e. The van der Waals surface area contributed by atoms with Crippen molar-refractivity contribution in [3.63, 3.8) is 0 Å². The van der Waals surface area contributed by atoms with Gasteiger partial charge in [-0.25, -0.2) is 0 Å². The van der Waals surface area contributed by atoms with Crippen LogP contribution in [-0.4, -0.2) is 16.3 Å². The molecular weight excluding hydrogens is 257 g/mol. The summed E-state index contributed by atoms with van der Waals surface area (Å²) in [6, 6.07) is 4.58. The molecule has 17 heavy (non-hydrogen) atoms. The molecule has 1 aromatic carbocycles. The lowest BCUT2D eigenvalue weighted by Crippen LogP contribution is -2.10. The maximum absolute atomic E-state index is 5.56. The maximum atomic E-state index is 5.56. The van der Waals surface area contributed by atoms with Crippen LogP contribution in [0.3, 0.4) is 0 Å². The zero-order chi connectivity index (χ0) is 10.3. The summed E-state index contributed by atoms with van der Waals surface area (Å²) in [5.41, 5.74) is 9.81. The number of nitrogens with two attached hydrogens (primary N) is 1. The van der Waals surface area contributed by atoms with Crippen molar-refractivity contribution in [2.75, 3.05) is 6.54 Å². The quantitative estimate of drug-likeness (QED) is 0.913. The molecule has 0 atom stereocenters. The van der Waals surface area contributed by atoms with Crippen molar-refractivity contribution in [1.82, 2.24) is 9.78 Å². The van der Waals surface area contributed by atoms with Gasteiger partial charge in [-0.1, -0.05) is 0 Å². The number of benzene rings is 1. The Labute approximate surface area is 113 Å². The third-order valence-electron chi connectivity index (χ3n) is 3.20. The molecule has 1 heterocycles. The lowest BCUT2D eigenvalue weighted by molar-refractivity contribution is 0.646. The monoisotopic (exact) mass is 273 g/mol. The second kappa shape index (κ2) is 5.71. The predicted octanol–water partition coefficient (Wildman–Crippen LogP) is 2.33. The van der Waals surface area contributed by atoms with E-state index in [4.69, 9.17) is 5.73 Å². The fourth-order valence-corrected chi connectivity index (χ4v) is 2.45. The minimum atomic E-state index is 0. The zero-order valence-corrected chi connectivity index (χ0v) is 11.2. The average molecular weight is 274 g/mol. The Morgan fingerprint density at radius 2 is 1.88 bits per heavy atom. The van der Waals surface area contributed by atoms with E-state index in [-0.39, 0.29) is 24.8 Å². The molecule has 94 valence electrons. The number of rotatable bonds is 2. The van der Waals surface area contributed by atoms with E-state index in [1.165, 1.54) is 41.3 Å². The Bertz CT molecular complexity index is 508. The second-order valence-electron chi connectivity index (χ2n) is 4.19. The highest BCUT2D eigenvalue weighted by atomic mass is 35.5. The van der Waals surface area contributed by atoms with E-state index >= 15 is 0 Å². The molecule has 0 amide bonds. The Morgan fingerprint density at radius 1 is 1.18 bits per heavy atom. The van der Waals surface area contributed by atoms with E-state index in [0.29, 0.717) is 6.54 Å². The molecule has 0 spiro atoms. The topological polar surface area (TPSA) is 43.8 Å². The van der Waals surface area contributed by atoms with Crippen LogP contribution in [0.4, 0.5) is 0 Å². The first-order valence-corrected chi connectivity index (χ1v) is 5.56. The van der Waals surface area contributed by atoms with Crippen molar-refractivity contribution in [2.45, 2.75) is 25.8 Å². The van der Waals surface area contributed by atoms with Gasteiger partial charge in [0.2, 0.25) is 0 Å². The van der Waals surface area contributed by atoms with E-state index in [2.05, 4.69) is 17.2 Å². The molecule has 3 rings (SSSR count). The van der Waals surface area contributed by atoms with Gasteiger partial charge in [-0.05, 0) is 42.5 Å². The first-order chi connectivity index (χ1) is 7.38. The van der Waals surface area contributed by atoms with Crippen LogP contribution in [0.5, 0.6) is 0 Å². The van der Waals surface area contributed by atoms with E-state index in [9.17, 15) is 0 Å². The van der Waals surface area contributed by atoms with Crippen LogP contribution >= 0.6 is 24.8 Å². The highest BCUT2D eigenvalue weighted by Gasteiger charge is 2.13. The normalized spacial score (nSPS) is 13.0. The Hall–Kier alpha value is -0.770. The van der Waals surface area contributed by atoms with Gasteiger partial charge in [0, 0.05) is 11.9 Å². The highest BCUT2D eigenvalue weighted by Crippen LogP contribution is 2.27. The second-order valence-corrected chi connectivity index (χ2v) is 4.19. The van der Waals surface area contributed by atoms with Crippen LogP contribution in [0.1, 0.15) is 17.5 Å². The Morgan fingerprint density at radius 3 is 2.59 bits per heavy atom. The van der Waals surface area contributed by atoms with Gasteiger partial charge in [0.05, 0.1) is 18.3 Å². The van der Waals surface area contributed by atoms with Gasteiger partial charge in [0.15, 0.2) is 0 Å². The van der Waals surface area contributed by atoms with Crippen LogP contribution in [0, 0.1) is 0 Å². The number of nitrogens with zero attached hydrogens (tertiary/aromatic N) is 2. The molecule has 0 radical (unpaired) electrons. The van der Waals surface area contributed by atoms with Crippen molar-refractivity contribution >= 4 is 35.7 Å². The molecule has 0 bridgehead atoms. The first-order valence-electron chi connectivity index (χ1n) is 5.56. The number of hydrogen-bond acceptors (Lipinski definition) is 2. The third kappa shape index (κ3) is 2.41. The fourth-order valence-electron chi connectivity index (χ4n) is 2.45. The summed E-state index contributed by atoms with van der Waals surface area (Å²) >= 11 is 0. The molecular formula is C12H17Cl2N3. The molecule has 3 nitrogen and oxygen atoms in total. The molecule has 1 aromatic heterocycles. The summed E-state index contributed by atoms with van der Waals surface area (Å²) in [6.07, 6.45) is 5.70. The smallest absolute Gasteiger partial charge is 0.0685 e. The number of halogens is 2. The number of aryl methyl sites for hydroxylation is 2. The summed E-state index contributed by atoms with van der Waals surface area (Å²) in [7, 11) is 0. The average Bonchev–Trinajstić information content (AvgIpc) is 2.82. The van der Waals surface area contributed by atoms with Gasteiger partial charge in [-0.3, -0.25) is 4.68 Å². The van der Waals surface area contributed by atoms with E-state index in [0.717, 1.165) is 6.54 Å². The summed E-state index contributed by atoms with van der Waals surface area (Å²) in [5.74, 6) is 0. The van der Waals surface area contributed by atoms with Crippen LogP contribution < -0.4 is 5.73 Å². The Balaban J connectivity index is 0.000000722. The number of fused-ring (bicyclic) bond motifs is 2. The lowest BCUT2D eigenvalue weighted by Gasteiger charge is -2.03. The predicted molar refractivity (Wildman–Crippen MR) is 75.3 cm³/mol. The molecule has 2 N–H and O–H groups in total. The van der Waals surface area contributed by atoms with Gasteiger partial charge < -0.3 is 5.73 Å². The van der Waals surface area contributed by atoms with Gasteiger partial charge in [0.1, 0.15) is 0 Å². The maximum Gasteiger partial charge on any atom is 0.0685 e. The number of hydrogen-bond donors (Lipinski definition) is 1. The highest BCUT2D eigenvalue weighted by molar-refractivity contribution is 5.85. The van der Waals surface area contributed by atoms with Gasteiger partial charge in [-0.15, -0.1) is 24.8 Å². The van der Waals surface area contributed by atoms with Crippen molar-refractivity contribution in [1.29, 1.82) is 0 Å².